The summed E-state index contributed by atoms with van der Waals surface area (Å²) in [6, 6.07) is 5.85. The third kappa shape index (κ3) is 5.51. The van der Waals surface area contributed by atoms with E-state index in [1.807, 2.05) is 18.2 Å². The second-order valence-electron chi connectivity index (χ2n) is 5.96. The van der Waals surface area contributed by atoms with Gasteiger partial charge in [-0.05, 0) is 49.3 Å². The number of hydrogen-bond donors (Lipinski definition) is 2. The molecule has 1 aliphatic carbocycles. The molecule has 0 radical (unpaired) electrons. The first kappa shape index (κ1) is 17.2. The molecule has 1 aromatic carbocycles. The Labute approximate surface area is 136 Å². The van der Waals surface area contributed by atoms with Crippen LogP contribution in [-0.2, 0) is 22.4 Å². The van der Waals surface area contributed by atoms with E-state index in [1.54, 1.807) is 0 Å². The molecule has 0 fully saturated rings. The van der Waals surface area contributed by atoms with Gasteiger partial charge in [0.25, 0.3) is 0 Å². The summed E-state index contributed by atoms with van der Waals surface area (Å²) in [7, 11) is 0. The molecule has 0 aliphatic heterocycles. The Morgan fingerprint density at radius 1 is 1.00 bits per heavy atom. The maximum Gasteiger partial charge on any atom is 0.303 e. The number of hydrogen-bond acceptors (Lipinski definition) is 3. The molecular weight excluding hydrogens is 294 g/mol. The normalized spacial score (nSPS) is 12.7. The Morgan fingerprint density at radius 3 is 2.57 bits per heavy atom. The number of carboxylic acid groups (broad SMARTS) is 1. The molecule has 0 unspecified atom stereocenters. The van der Waals surface area contributed by atoms with Gasteiger partial charge in [-0.25, -0.2) is 0 Å². The third-order valence-electron chi connectivity index (χ3n) is 4.14. The first-order valence-corrected chi connectivity index (χ1v) is 8.20. The van der Waals surface area contributed by atoms with E-state index in [0.717, 1.165) is 19.3 Å². The van der Waals surface area contributed by atoms with Crippen molar-refractivity contribution >= 4 is 17.7 Å². The summed E-state index contributed by atoms with van der Waals surface area (Å²) >= 11 is 0. The van der Waals surface area contributed by atoms with Crippen molar-refractivity contribution in [1.82, 2.24) is 5.32 Å². The van der Waals surface area contributed by atoms with Crippen molar-refractivity contribution in [2.45, 2.75) is 51.4 Å². The number of amides is 1. The van der Waals surface area contributed by atoms with E-state index in [2.05, 4.69) is 5.32 Å². The number of carbonyl (C=O) groups is 3. The summed E-state index contributed by atoms with van der Waals surface area (Å²) < 4.78 is 0. The number of benzene rings is 1. The van der Waals surface area contributed by atoms with E-state index in [4.69, 9.17) is 5.11 Å². The monoisotopic (exact) mass is 317 g/mol. The largest absolute Gasteiger partial charge is 0.481 e. The molecule has 2 rings (SSSR count). The van der Waals surface area contributed by atoms with Crippen LogP contribution in [0, 0.1) is 0 Å². The van der Waals surface area contributed by atoms with Crippen LogP contribution in [0.4, 0.5) is 0 Å². The van der Waals surface area contributed by atoms with Gasteiger partial charge in [0.2, 0.25) is 5.91 Å². The van der Waals surface area contributed by atoms with Crippen molar-refractivity contribution in [2.24, 2.45) is 0 Å². The summed E-state index contributed by atoms with van der Waals surface area (Å²) in [5.41, 5.74) is 3.29. The van der Waals surface area contributed by atoms with Crippen LogP contribution in [0.1, 0.15) is 60.0 Å². The summed E-state index contributed by atoms with van der Waals surface area (Å²) in [6.45, 7) is 0.457. The zero-order chi connectivity index (χ0) is 16.7. The van der Waals surface area contributed by atoms with E-state index >= 15 is 0 Å². The van der Waals surface area contributed by atoms with Gasteiger partial charge in [-0.1, -0.05) is 12.1 Å². The van der Waals surface area contributed by atoms with Crippen molar-refractivity contribution < 1.29 is 19.5 Å². The Balaban J connectivity index is 1.67. The Hall–Kier alpha value is -2.17. The van der Waals surface area contributed by atoms with E-state index in [1.165, 1.54) is 11.1 Å². The number of carboxylic acids is 1. The average Bonchev–Trinajstić information content (AvgIpc) is 2.99. The van der Waals surface area contributed by atoms with Crippen LogP contribution in [0.2, 0.25) is 0 Å². The highest BCUT2D eigenvalue weighted by molar-refractivity contribution is 5.98. The number of rotatable bonds is 9. The summed E-state index contributed by atoms with van der Waals surface area (Å²) in [5.74, 6) is -0.980. The lowest BCUT2D eigenvalue weighted by Crippen LogP contribution is -2.25. The van der Waals surface area contributed by atoms with E-state index in [-0.39, 0.29) is 31.0 Å². The lowest BCUT2D eigenvalue weighted by molar-refractivity contribution is -0.137. The maximum atomic E-state index is 12.2. The standard InChI is InChI=1S/C18H23NO4/c20-16(15-8-7-13-4-3-5-14(13)12-15)9-10-17(21)19-11-2-1-6-18(22)23/h7-8,12H,1-6,9-11H2,(H,19,21)(H,22,23). The number of carbonyl (C=O) groups excluding carboxylic acids is 2. The number of aliphatic carboxylic acids is 1. The highest BCUT2D eigenvalue weighted by Crippen LogP contribution is 2.23. The van der Waals surface area contributed by atoms with Gasteiger partial charge in [-0.2, -0.15) is 0 Å². The van der Waals surface area contributed by atoms with Gasteiger partial charge in [0.05, 0.1) is 0 Å². The van der Waals surface area contributed by atoms with Crippen LogP contribution in [-0.4, -0.2) is 29.3 Å². The number of ketones is 1. The van der Waals surface area contributed by atoms with Crippen molar-refractivity contribution in [2.75, 3.05) is 6.54 Å². The first-order valence-electron chi connectivity index (χ1n) is 8.20. The summed E-state index contributed by atoms with van der Waals surface area (Å²) in [5, 5.41) is 11.2. The quantitative estimate of drug-likeness (QED) is 0.541. The minimum atomic E-state index is -0.823. The highest BCUT2D eigenvalue weighted by atomic mass is 16.4. The smallest absolute Gasteiger partial charge is 0.303 e. The molecular formula is C18H23NO4. The number of aryl methyl sites for hydroxylation is 2. The third-order valence-corrected chi connectivity index (χ3v) is 4.14. The molecule has 5 nitrogen and oxygen atoms in total. The molecule has 0 spiro atoms. The highest BCUT2D eigenvalue weighted by Gasteiger charge is 2.14. The molecule has 1 aromatic rings. The minimum Gasteiger partial charge on any atom is -0.481 e. The van der Waals surface area contributed by atoms with Crippen molar-refractivity contribution in [3.8, 4) is 0 Å². The SMILES string of the molecule is O=C(O)CCCCNC(=O)CCC(=O)c1ccc2c(c1)CCC2. The number of nitrogens with one attached hydrogen (secondary N) is 1. The number of Topliss-reactive ketones (excluding diaryl/α,β-unsaturated/α-hetero) is 1. The van der Waals surface area contributed by atoms with Crippen LogP contribution >= 0.6 is 0 Å². The summed E-state index contributed by atoms with van der Waals surface area (Å²) in [6.07, 6.45) is 4.96. The van der Waals surface area contributed by atoms with Crippen molar-refractivity contribution in [1.29, 1.82) is 0 Å². The van der Waals surface area contributed by atoms with Crippen molar-refractivity contribution in [3.63, 3.8) is 0 Å². The van der Waals surface area contributed by atoms with Gasteiger partial charge in [-0.15, -0.1) is 0 Å². The van der Waals surface area contributed by atoms with Gasteiger partial charge in [-0.3, -0.25) is 14.4 Å². The van der Waals surface area contributed by atoms with Crippen LogP contribution in [0.15, 0.2) is 18.2 Å². The van der Waals surface area contributed by atoms with Crippen LogP contribution in [0.5, 0.6) is 0 Å². The molecule has 23 heavy (non-hydrogen) atoms. The van der Waals surface area contributed by atoms with Crippen LogP contribution in [0.3, 0.4) is 0 Å². The van der Waals surface area contributed by atoms with Crippen molar-refractivity contribution in [3.05, 3.63) is 34.9 Å². The zero-order valence-electron chi connectivity index (χ0n) is 13.3. The molecule has 0 saturated heterocycles. The minimum absolute atomic E-state index is 0.000673. The Bertz CT molecular complexity index is 595. The molecule has 0 heterocycles. The Morgan fingerprint density at radius 2 is 1.78 bits per heavy atom. The van der Waals surface area contributed by atoms with Crippen LogP contribution < -0.4 is 5.32 Å². The average molecular weight is 317 g/mol. The number of unbranched alkanes of at least 4 members (excludes halogenated alkanes) is 1. The summed E-state index contributed by atoms with van der Waals surface area (Å²) in [4.78, 5) is 34.2. The lowest BCUT2D eigenvalue weighted by atomic mass is 10.0. The fraction of sp³-hybridized carbons (Fsp3) is 0.500. The molecule has 2 N–H and O–H groups in total. The molecule has 1 amide bonds. The first-order chi connectivity index (χ1) is 11.1. The van der Waals surface area contributed by atoms with E-state index in [9.17, 15) is 14.4 Å². The van der Waals surface area contributed by atoms with Gasteiger partial charge in [0.15, 0.2) is 5.78 Å². The molecule has 0 bridgehead atoms. The maximum absolute atomic E-state index is 12.2. The molecule has 0 saturated carbocycles. The molecule has 124 valence electrons. The topological polar surface area (TPSA) is 83.5 Å². The molecule has 1 aliphatic rings. The lowest BCUT2D eigenvalue weighted by Gasteiger charge is -2.06. The molecule has 5 heteroatoms. The predicted molar refractivity (Wildman–Crippen MR) is 86.5 cm³/mol. The van der Waals surface area contributed by atoms with Gasteiger partial charge in [0, 0.05) is 31.4 Å². The fourth-order valence-electron chi connectivity index (χ4n) is 2.83. The Kier molecular flexibility index (Phi) is 6.32. The van der Waals surface area contributed by atoms with Gasteiger partial charge >= 0.3 is 5.97 Å². The second kappa shape index (κ2) is 8.46. The van der Waals surface area contributed by atoms with Gasteiger partial charge < -0.3 is 10.4 Å². The van der Waals surface area contributed by atoms with E-state index in [0.29, 0.717) is 24.9 Å². The zero-order valence-corrected chi connectivity index (χ0v) is 13.3. The number of fused-ring (bicyclic) bond motifs is 1. The predicted octanol–water partition coefficient (Wildman–Crippen LogP) is 2.51. The van der Waals surface area contributed by atoms with E-state index < -0.39 is 5.97 Å². The molecule has 0 atom stereocenters. The second-order valence-corrected chi connectivity index (χ2v) is 5.96. The fourth-order valence-corrected chi connectivity index (χ4v) is 2.83. The van der Waals surface area contributed by atoms with Gasteiger partial charge in [0.1, 0.15) is 0 Å². The molecule has 0 aromatic heterocycles. The van der Waals surface area contributed by atoms with Crippen LogP contribution in [0.25, 0.3) is 0 Å².